The summed E-state index contributed by atoms with van der Waals surface area (Å²) in [5.74, 6) is 0. The van der Waals surface area contributed by atoms with Gasteiger partial charge in [-0.05, 0) is 42.7 Å². The first kappa shape index (κ1) is 9.49. The van der Waals surface area contributed by atoms with Crippen LogP contribution in [0.15, 0.2) is 16.8 Å². The monoisotopic (exact) mass is 204 g/mol. The summed E-state index contributed by atoms with van der Waals surface area (Å²) in [4.78, 5) is 0. The molecule has 0 radical (unpaired) electrons. The molecule has 0 aliphatic heterocycles. The standard InChI is InChI=1S/C8H12S3/c1-8(2,11-9)5-7-3-4-10-6-7/h3-4,6,9H,5H2,1-2H3. The van der Waals surface area contributed by atoms with E-state index in [0.29, 0.717) is 0 Å². The van der Waals surface area contributed by atoms with Crippen LogP contribution in [0.1, 0.15) is 19.4 Å². The average Bonchev–Trinajstić information content (AvgIpc) is 2.39. The van der Waals surface area contributed by atoms with Gasteiger partial charge in [0.1, 0.15) is 0 Å². The lowest BCUT2D eigenvalue weighted by atomic mass is 10.1. The third-order valence-corrected chi connectivity index (χ3v) is 4.31. The molecule has 0 amide bonds. The second-order valence-electron chi connectivity index (χ2n) is 3.16. The van der Waals surface area contributed by atoms with Crippen molar-refractivity contribution in [3.63, 3.8) is 0 Å². The van der Waals surface area contributed by atoms with Gasteiger partial charge < -0.3 is 0 Å². The van der Waals surface area contributed by atoms with E-state index < -0.39 is 0 Å². The van der Waals surface area contributed by atoms with Gasteiger partial charge in [0.05, 0.1) is 0 Å². The molecule has 0 aliphatic carbocycles. The van der Waals surface area contributed by atoms with E-state index in [1.165, 1.54) is 5.56 Å². The molecule has 0 N–H and O–H groups in total. The molecular formula is C8H12S3. The zero-order valence-electron chi connectivity index (χ0n) is 6.70. The fraction of sp³-hybridized carbons (Fsp3) is 0.500. The normalized spacial score (nSPS) is 11.9. The van der Waals surface area contributed by atoms with E-state index in [1.54, 1.807) is 22.1 Å². The number of thiol groups is 1. The van der Waals surface area contributed by atoms with Crippen LogP contribution in [0, 0.1) is 0 Å². The lowest BCUT2D eigenvalue weighted by Crippen LogP contribution is -2.15. The highest BCUT2D eigenvalue weighted by Gasteiger charge is 2.17. The maximum Gasteiger partial charge on any atom is 0.0245 e. The van der Waals surface area contributed by atoms with Crippen LogP contribution in [0.3, 0.4) is 0 Å². The van der Waals surface area contributed by atoms with E-state index in [2.05, 4.69) is 42.3 Å². The Morgan fingerprint density at radius 3 is 2.82 bits per heavy atom. The summed E-state index contributed by atoms with van der Waals surface area (Å²) in [7, 11) is 1.62. The van der Waals surface area contributed by atoms with Crippen molar-refractivity contribution in [1.29, 1.82) is 0 Å². The van der Waals surface area contributed by atoms with E-state index in [4.69, 9.17) is 0 Å². The number of rotatable bonds is 3. The Hall–Kier alpha value is 0.400. The summed E-state index contributed by atoms with van der Waals surface area (Å²) >= 11 is 5.99. The molecule has 0 aliphatic rings. The van der Waals surface area contributed by atoms with Gasteiger partial charge in [-0.15, -0.1) is 11.7 Å². The Morgan fingerprint density at radius 1 is 1.64 bits per heavy atom. The van der Waals surface area contributed by atoms with Crippen LogP contribution in [-0.4, -0.2) is 4.75 Å². The summed E-state index contributed by atoms with van der Waals surface area (Å²) in [6.45, 7) is 4.42. The molecule has 1 rings (SSSR count). The molecule has 3 heteroatoms. The van der Waals surface area contributed by atoms with Gasteiger partial charge in [-0.2, -0.15) is 11.3 Å². The van der Waals surface area contributed by atoms with Gasteiger partial charge in [0, 0.05) is 4.75 Å². The average molecular weight is 204 g/mol. The Labute approximate surface area is 81.2 Å². The molecular weight excluding hydrogens is 192 g/mol. The van der Waals surface area contributed by atoms with Gasteiger partial charge in [-0.3, -0.25) is 0 Å². The molecule has 1 aromatic heterocycles. The molecule has 0 unspecified atom stereocenters. The molecule has 0 fully saturated rings. The van der Waals surface area contributed by atoms with E-state index >= 15 is 0 Å². The third-order valence-electron chi connectivity index (χ3n) is 1.46. The van der Waals surface area contributed by atoms with Crippen molar-refractivity contribution in [3.05, 3.63) is 22.4 Å². The molecule has 0 saturated heterocycles. The molecule has 0 atom stereocenters. The third kappa shape index (κ3) is 3.09. The first-order valence-corrected chi connectivity index (χ1v) is 6.29. The van der Waals surface area contributed by atoms with Crippen molar-refractivity contribution in [2.24, 2.45) is 0 Å². The smallest absolute Gasteiger partial charge is 0.0245 e. The summed E-state index contributed by atoms with van der Waals surface area (Å²) in [5, 5.41) is 4.32. The van der Waals surface area contributed by atoms with Gasteiger partial charge in [-0.1, -0.05) is 10.8 Å². The van der Waals surface area contributed by atoms with Gasteiger partial charge in [0.15, 0.2) is 0 Å². The zero-order chi connectivity index (χ0) is 8.32. The fourth-order valence-corrected chi connectivity index (χ4v) is 2.01. The predicted molar refractivity (Wildman–Crippen MR) is 58.7 cm³/mol. The molecule has 0 saturated carbocycles. The van der Waals surface area contributed by atoms with Crippen molar-refractivity contribution >= 4 is 33.8 Å². The van der Waals surface area contributed by atoms with E-state index in [9.17, 15) is 0 Å². The molecule has 0 spiro atoms. The van der Waals surface area contributed by atoms with Gasteiger partial charge >= 0.3 is 0 Å². The molecule has 0 nitrogen and oxygen atoms in total. The minimum atomic E-state index is 0.254. The molecule has 1 aromatic rings. The molecule has 11 heavy (non-hydrogen) atoms. The van der Waals surface area contributed by atoms with E-state index in [-0.39, 0.29) is 4.75 Å². The second kappa shape index (κ2) is 3.87. The summed E-state index contributed by atoms with van der Waals surface area (Å²) in [6, 6.07) is 2.18. The SMILES string of the molecule is CC(C)(Cc1ccsc1)SS. The molecule has 0 bridgehead atoms. The number of hydrogen-bond acceptors (Lipinski definition) is 3. The minimum Gasteiger partial charge on any atom is -0.152 e. The van der Waals surface area contributed by atoms with Crippen molar-refractivity contribution in [1.82, 2.24) is 0 Å². The highest BCUT2D eigenvalue weighted by molar-refractivity contribution is 8.69. The lowest BCUT2D eigenvalue weighted by molar-refractivity contribution is 0.715. The van der Waals surface area contributed by atoms with Gasteiger partial charge in [0.25, 0.3) is 0 Å². The topological polar surface area (TPSA) is 0 Å². The Morgan fingerprint density at radius 2 is 2.36 bits per heavy atom. The highest BCUT2D eigenvalue weighted by Crippen LogP contribution is 2.31. The summed E-state index contributed by atoms with van der Waals surface area (Å²) < 4.78 is 0.254. The first-order valence-electron chi connectivity index (χ1n) is 3.48. The van der Waals surface area contributed by atoms with Gasteiger partial charge in [0.2, 0.25) is 0 Å². The van der Waals surface area contributed by atoms with Crippen LogP contribution in [0.25, 0.3) is 0 Å². The summed E-state index contributed by atoms with van der Waals surface area (Å²) in [6.07, 6.45) is 1.10. The van der Waals surface area contributed by atoms with Crippen LogP contribution < -0.4 is 0 Å². The maximum absolute atomic E-state index is 4.23. The second-order valence-corrected chi connectivity index (χ2v) is 5.77. The van der Waals surface area contributed by atoms with E-state index in [1.807, 2.05) is 0 Å². The van der Waals surface area contributed by atoms with Crippen LogP contribution in [0.5, 0.6) is 0 Å². The Balaban J connectivity index is 2.56. The lowest BCUT2D eigenvalue weighted by Gasteiger charge is -2.19. The zero-order valence-corrected chi connectivity index (χ0v) is 9.23. The van der Waals surface area contributed by atoms with E-state index in [0.717, 1.165) is 6.42 Å². The van der Waals surface area contributed by atoms with Crippen LogP contribution in [0.2, 0.25) is 0 Å². The largest absolute Gasteiger partial charge is 0.152 e. The van der Waals surface area contributed by atoms with Crippen LogP contribution in [0.4, 0.5) is 0 Å². The fourth-order valence-electron chi connectivity index (χ4n) is 0.917. The molecule has 62 valence electrons. The van der Waals surface area contributed by atoms with Gasteiger partial charge in [-0.25, -0.2) is 0 Å². The summed E-state index contributed by atoms with van der Waals surface area (Å²) in [5.41, 5.74) is 1.42. The molecule has 1 heterocycles. The predicted octanol–water partition coefficient (Wildman–Crippen LogP) is 3.65. The number of hydrogen-bond donors (Lipinski definition) is 1. The van der Waals surface area contributed by atoms with Crippen LogP contribution >= 0.6 is 33.8 Å². The van der Waals surface area contributed by atoms with Crippen molar-refractivity contribution in [2.45, 2.75) is 25.0 Å². The highest BCUT2D eigenvalue weighted by atomic mass is 33.1. The maximum atomic E-state index is 4.23. The van der Waals surface area contributed by atoms with Crippen molar-refractivity contribution in [2.75, 3.05) is 0 Å². The first-order chi connectivity index (χ1) is 5.14. The molecule has 0 aromatic carbocycles. The van der Waals surface area contributed by atoms with Crippen molar-refractivity contribution in [3.8, 4) is 0 Å². The van der Waals surface area contributed by atoms with Crippen LogP contribution in [-0.2, 0) is 6.42 Å². The minimum absolute atomic E-state index is 0.254. The Bertz CT molecular complexity index is 201. The van der Waals surface area contributed by atoms with Crippen molar-refractivity contribution < 1.29 is 0 Å². The quantitative estimate of drug-likeness (QED) is 0.579. The number of thiophene rings is 1. The Kier molecular flexibility index (Phi) is 3.34.